The van der Waals surface area contributed by atoms with Crippen LogP contribution in [0.5, 0.6) is 0 Å². The minimum atomic E-state index is -3.20. The lowest BCUT2D eigenvalue weighted by molar-refractivity contribution is -0.0528. The lowest BCUT2D eigenvalue weighted by Gasteiger charge is -2.37. The molecule has 0 aliphatic rings. The van der Waals surface area contributed by atoms with Crippen LogP contribution in [0.1, 0.15) is 38.3 Å². The Kier molecular flexibility index (Phi) is 8.59. The van der Waals surface area contributed by atoms with Gasteiger partial charge in [0, 0.05) is 0 Å². The minimum absolute atomic E-state index is 0.0313. The van der Waals surface area contributed by atoms with Crippen molar-refractivity contribution in [3.05, 3.63) is 47.1 Å². The van der Waals surface area contributed by atoms with E-state index in [0.29, 0.717) is 29.0 Å². The number of nitrogens with zero attached hydrogens (tertiary/aromatic N) is 1. The van der Waals surface area contributed by atoms with Crippen molar-refractivity contribution in [3.63, 3.8) is 0 Å². The second kappa shape index (κ2) is 10.2. The molecule has 174 valence electrons. The lowest BCUT2D eigenvalue weighted by atomic mass is 10.1. The van der Waals surface area contributed by atoms with Crippen LogP contribution in [0.25, 0.3) is 0 Å². The number of hydrogen-bond donors (Lipinski definition) is 3. The molecule has 0 radical (unpaired) electrons. The quantitative estimate of drug-likeness (QED) is 0.321. The van der Waals surface area contributed by atoms with E-state index in [0.717, 1.165) is 16.9 Å². The summed E-state index contributed by atoms with van der Waals surface area (Å²) in [6.45, 7) is 13.3. The van der Waals surface area contributed by atoms with E-state index in [9.17, 15) is 9.32 Å². The molecule has 1 aromatic carbocycles. The van der Waals surface area contributed by atoms with Crippen molar-refractivity contribution in [3.8, 4) is 0 Å². The molecule has 2 aromatic rings. The molecular formula is C21H35N3O4S2Si. The summed E-state index contributed by atoms with van der Waals surface area (Å²) >= 11 is 1.09. The Balaban J connectivity index is 1.88. The summed E-state index contributed by atoms with van der Waals surface area (Å²) in [5.41, 5.74) is -0.246. The van der Waals surface area contributed by atoms with Crippen LogP contribution in [-0.2, 0) is 31.6 Å². The van der Waals surface area contributed by atoms with Crippen LogP contribution < -0.4 is 4.39 Å². The van der Waals surface area contributed by atoms with Crippen LogP contribution in [0.3, 0.4) is 0 Å². The van der Waals surface area contributed by atoms with Gasteiger partial charge >= 0.3 is 0 Å². The SMILES string of the molecule is CC(C)(C)[Si](C)(C)NS(=N)(=O)c1cnc([C@](C)(O)COCCOCc2ccccc2)s1. The number of nitrogens with one attached hydrogen (secondary N) is 2. The molecule has 0 aliphatic heterocycles. The van der Waals surface area contributed by atoms with Crippen molar-refractivity contribution in [2.75, 3.05) is 19.8 Å². The fourth-order valence-electron chi connectivity index (χ4n) is 2.42. The number of hydrogen-bond acceptors (Lipinski definition) is 7. The van der Waals surface area contributed by atoms with Gasteiger partial charge in [-0.3, -0.25) is 0 Å². The van der Waals surface area contributed by atoms with Crippen LogP contribution in [0.4, 0.5) is 0 Å². The highest BCUT2D eigenvalue weighted by Crippen LogP contribution is 2.36. The Morgan fingerprint density at radius 2 is 1.77 bits per heavy atom. The van der Waals surface area contributed by atoms with Crippen molar-refractivity contribution in [2.45, 2.75) is 62.2 Å². The molecule has 0 saturated heterocycles. The Morgan fingerprint density at radius 3 is 2.39 bits per heavy atom. The Bertz CT molecular complexity index is 939. The monoisotopic (exact) mass is 485 g/mol. The van der Waals surface area contributed by atoms with E-state index in [1.165, 1.54) is 6.20 Å². The summed E-state index contributed by atoms with van der Waals surface area (Å²) in [6.07, 6.45) is 1.42. The van der Waals surface area contributed by atoms with Gasteiger partial charge in [-0.2, -0.15) is 0 Å². The first-order valence-corrected chi connectivity index (χ1v) is 15.6. The second-order valence-electron chi connectivity index (χ2n) is 9.38. The summed E-state index contributed by atoms with van der Waals surface area (Å²) < 4.78 is 36.0. The molecule has 0 aliphatic carbocycles. The summed E-state index contributed by atoms with van der Waals surface area (Å²) in [7, 11) is -5.36. The van der Waals surface area contributed by atoms with E-state index in [4.69, 9.17) is 14.3 Å². The van der Waals surface area contributed by atoms with Crippen molar-refractivity contribution >= 4 is 29.5 Å². The molecular weight excluding hydrogens is 450 g/mol. The van der Waals surface area contributed by atoms with Crippen LogP contribution in [0, 0.1) is 4.78 Å². The van der Waals surface area contributed by atoms with E-state index in [1.807, 2.05) is 30.3 Å². The van der Waals surface area contributed by atoms with Crippen molar-refractivity contribution in [2.24, 2.45) is 0 Å². The van der Waals surface area contributed by atoms with E-state index in [-0.39, 0.29) is 11.6 Å². The third kappa shape index (κ3) is 7.45. The van der Waals surface area contributed by atoms with Gasteiger partial charge in [-0.25, -0.2) is 18.4 Å². The normalized spacial score (nSPS) is 16.6. The summed E-state index contributed by atoms with van der Waals surface area (Å²) in [4.78, 5) is 4.23. The minimum Gasteiger partial charge on any atom is -0.381 e. The molecule has 3 N–H and O–H groups in total. The molecule has 2 rings (SSSR count). The highest BCUT2D eigenvalue weighted by Gasteiger charge is 2.39. The van der Waals surface area contributed by atoms with Crippen molar-refractivity contribution < 1.29 is 18.8 Å². The summed E-state index contributed by atoms with van der Waals surface area (Å²) in [5.74, 6) is 0. The predicted molar refractivity (Wildman–Crippen MR) is 128 cm³/mol. The van der Waals surface area contributed by atoms with Gasteiger partial charge in [0.2, 0.25) is 0 Å². The predicted octanol–water partition coefficient (Wildman–Crippen LogP) is 4.50. The topological polar surface area (TPSA) is 105 Å². The van der Waals surface area contributed by atoms with Crippen LogP contribution in [0.2, 0.25) is 18.1 Å². The molecule has 1 heterocycles. The van der Waals surface area contributed by atoms with Crippen LogP contribution in [-0.4, -0.2) is 42.4 Å². The van der Waals surface area contributed by atoms with E-state index >= 15 is 0 Å². The van der Waals surface area contributed by atoms with Gasteiger partial charge in [-0.05, 0) is 17.5 Å². The highest BCUT2D eigenvalue weighted by molar-refractivity contribution is 7.94. The zero-order chi connectivity index (χ0) is 23.3. The van der Waals surface area contributed by atoms with Gasteiger partial charge in [-0.15, -0.1) is 11.3 Å². The number of thiazole rings is 1. The standard InChI is InChI=1S/C21H35N3O4S2Si/c1-20(2,3)31(5,6)24-30(22,26)18-14-23-19(29-18)21(4,25)16-28-13-12-27-15-17-10-8-7-9-11-17/h7-11,14,25H,12-13,15-16H2,1-6H3,(H2,22,24,26)/t21-,30?/m1/s1. The summed E-state index contributed by atoms with van der Waals surface area (Å²) in [5, 5.41) is 11.1. The maximum atomic E-state index is 13.1. The molecule has 0 spiro atoms. The molecule has 0 amide bonds. The third-order valence-corrected chi connectivity index (χ3v) is 15.0. The number of rotatable bonds is 11. The second-order valence-corrected chi connectivity index (χ2v) is 17.8. The first-order valence-electron chi connectivity index (χ1n) is 10.2. The van der Waals surface area contributed by atoms with Gasteiger partial charge in [0.1, 0.15) is 33.0 Å². The Hall–Kier alpha value is -1.14. The smallest absolute Gasteiger partial charge is 0.140 e. The fraction of sp³-hybridized carbons (Fsp3) is 0.571. The molecule has 0 bridgehead atoms. The molecule has 7 nitrogen and oxygen atoms in total. The molecule has 10 heteroatoms. The number of aromatic nitrogens is 1. The lowest BCUT2D eigenvalue weighted by Crippen LogP contribution is -2.53. The zero-order valence-corrected chi connectivity index (χ0v) is 21.9. The zero-order valence-electron chi connectivity index (χ0n) is 19.2. The average molecular weight is 486 g/mol. The maximum Gasteiger partial charge on any atom is 0.140 e. The largest absolute Gasteiger partial charge is 0.381 e. The van der Waals surface area contributed by atoms with Gasteiger partial charge in [0.05, 0.1) is 32.6 Å². The molecule has 2 atom stereocenters. The Labute approximate surface area is 191 Å². The first-order chi connectivity index (χ1) is 14.2. The van der Waals surface area contributed by atoms with E-state index in [2.05, 4.69) is 43.2 Å². The van der Waals surface area contributed by atoms with Gasteiger partial charge in [0.15, 0.2) is 0 Å². The van der Waals surface area contributed by atoms with Crippen LogP contribution in [0.15, 0.2) is 40.7 Å². The number of aliphatic hydroxyl groups is 1. The van der Waals surface area contributed by atoms with E-state index < -0.39 is 23.8 Å². The molecule has 0 saturated carbocycles. The summed E-state index contributed by atoms with van der Waals surface area (Å²) in [6, 6.07) is 9.88. The maximum absolute atomic E-state index is 13.1. The molecule has 31 heavy (non-hydrogen) atoms. The Morgan fingerprint density at radius 1 is 1.16 bits per heavy atom. The fourth-order valence-corrected chi connectivity index (χ4v) is 8.88. The molecule has 1 aromatic heterocycles. The average Bonchev–Trinajstić information content (AvgIpc) is 3.16. The molecule has 1 unspecified atom stereocenters. The molecule has 0 fully saturated rings. The van der Waals surface area contributed by atoms with Crippen molar-refractivity contribution in [1.29, 1.82) is 4.78 Å². The highest BCUT2D eigenvalue weighted by atomic mass is 32.2. The van der Waals surface area contributed by atoms with Gasteiger partial charge in [0.25, 0.3) is 0 Å². The van der Waals surface area contributed by atoms with Crippen LogP contribution >= 0.6 is 11.3 Å². The van der Waals surface area contributed by atoms with Gasteiger partial charge < -0.3 is 14.6 Å². The third-order valence-electron chi connectivity index (χ3n) is 5.37. The number of ether oxygens (including phenoxy) is 2. The first kappa shape index (κ1) is 26.1. The van der Waals surface area contributed by atoms with Crippen molar-refractivity contribution in [1.82, 2.24) is 9.37 Å². The van der Waals surface area contributed by atoms with E-state index in [1.54, 1.807) is 6.92 Å². The number of benzene rings is 1. The van der Waals surface area contributed by atoms with Gasteiger partial charge in [-0.1, -0.05) is 64.2 Å².